The molecule has 0 amide bonds. The van der Waals surface area contributed by atoms with Gasteiger partial charge < -0.3 is 19.8 Å². The van der Waals surface area contributed by atoms with Gasteiger partial charge in [0.25, 0.3) is 0 Å². The van der Waals surface area contributed by atoms with Crippen molar-refractivity contribution in [3.8, 4) is 5.75 Å². The zero-order chi connectivity index (χ0) is 16.3. The van der Waals surface area contributed by atoms with Crippen LogP contribution in [-0.4, -0.2) is 33.2 Å². The number of furan rings is 1. The second-order valence-corrected chi connectivity index (χ2v) is 5.21. The summed E-state index contributed by atoms with van der Waals surface area (Å²) in [6, 6.07) is 12.1. The number of rotatable bonds is 8. The Hall–Kier alpha value is -2.43. The molecule has 0 saturated heterocycles. The topological polar surface area (TPSA) is 58.8 Å². The van der Waals surface area contributed by atoms with E-state index in [1.807, 2.05) is 24.3 Å². The summed E-state index contributed by atoms with van der Waals surface area (Å²) in [6.45, 7) is 1.68. The van der Waals surface area contributed by atoms with Gasteiger partial charge in [-0.3, -0.25) is 4.99 Å². The fraction of sp³-hybridized carbons (Fsp3) is 0.389. The Kier molecular flexibility index (Phi) is 7.04. The largest absolute Gasteiger partial charge is 0.497 e. The maximum absolute atomic E-state index is 5.30. The van der Waals surface area contributed by atoms with Crippen LogP contribution in [0.2, 0.25) is 0 Å². The van der Waals surface area contributed by atoms with Crippen molar-refractivity contribution in [2.75, 3.05) is 27.2 Å². The Balaban J connectivity index is 1.61. The number of nitrogens with one attached hydrogen (secondary N) is 2. The van der Waals surface area contributed by atoms with E-state index in [-0.39, 0.29) is 0 Å². The molecule has 0 radical (unpaired) electrons. The van der Waals surface area contributed by atoms with Crippen LogP contribution in [0.4, 0.5) is 0 Å². The highest BCUT2D eigenvalue weighted by Crippen LogP contribution is 2.12. The van der Waals surface area contributed by atoms with Crippen LogP contribution in [0, 0.1) is 0 Å². The summed E-state index contributed by atoms with van der Waals surface area (Å²) in [5, 5.41) is 6.61. The number of ether oxygens (including phenoxy) is 1. The molecule has 2 rings (SSSR count). The summed E-state index contributed by atoms with van der Waals surface area (Å²) in [5.41, 5.74) is 1.31. The molecular formula is C18H25N3O2. The van der Waals surface area contributed by atoms with E-state index in [0.717, 1.165) is 49.8 Å². The van der Waals surface area contributed by atoms with Gasteiger partial charge in [0.15, 0.2) is 5.96 Å². The lowest BCUT2D eigenvalue weighted by molar-refractivity contribution is 0.414. The van der Waals surface area contributed by atoms with Crippen LogP contribution >= 0.6 is 0 Å². The first-order chi connectivity index (χ1) is 11.3. The number of guanidine groups is 1. The second-order valence-electron chi connectivity index (χ2n) is 5.21. The summed E-state index contributed by atoms with van der Waals surface area (Å²) < 4.78 is 10.5. The number of nitrogens with zero attached hydrogens (tertiary/aromatic N) is 1. The molecule has 0 aliphatic carbocycles. The van der Waals surface area contributed by atoms with Crippen LogP contribution in [0.25, 0.3) is 0 Å². The second kappa shape index (κ2) is 9.56. The van der Waals surface area contributed by atoms with Crippen molar-refractivity contribution in [1.82, 2.24) is 10.6 Å². The van der Waals surface area contributed by atoms with Crippen molar-refractivity contribution in [2.24, 2.45) is 4.99 Å². The number of aliphatic imine (C=N–C) groups is 1. The summed E-state index contributed by atoms with van der Waals surface area (Å²) in [5.74, 6) is 2.70. The molecule has 0 aliphatic heterocycles. The van der Waals surface area contributed by atoms with Crippen molar-refractivity contribution in [2.45, 2.75) is 19.3 Å². The van der Waals surface area contributed by atoms with Crippen LogP contribution in [0.1, 0.15) is 17.7 Å². The standard InChI is InChI=1S/C18H25N3O2/c1-19-18(21-13-11-17-6-4-14-23-17)20-12-3-5-15-7-9-16(22-2)10-8-15/h4,6-10,14H,3,5,11-13H2,1-2H3,(H2,19,20,21). The molecule has 5 nitrogen and oxygen atoms in total. The van der Waals surface area contributed by atoms with Crippen molar-refractivity contribution in [1.29, 1.82) is 0 Å². The number of hydrogen-bond donors (Lipinski definition) is 2. The Morgan fingerprint density at radius 3 is 2.52 bits per heavy atom. The molecule has 0 saturated carbocycles. The first-order valence-electron chi connectivity index (χ1n) is 7.91. The van der Waals surface area contributed by atoms with Crippen LogP contribution in [0.3, 0.4) is 0 Å². The van der Waals surface area contributed by atoms with Crippen LogP contribution in [-0.2, 0) is 12.8 Å². The van der Waals surface area contributed by atoms with Gasteiger partial charge in [-0.05, 0) is 42.7 Å². The fourth-order valence-electron chi connectivity index (χ4n) is 2.27. The summed E-state index contributed by atoms with van der Waals surface area (Å²) >= 11 is 0. The smallest absolute Gasteiger partial charge is 0.190 e. The highest BCUT2D eigenvalue weighted by molar-refractivity contribution is 5.79. The van der Waals surface area contributed by atoms with E-state index in [4.69, 9.17) is 9.15 Å². The highest BCUT2D eigenvalue weighted by Gasteiger charge is 2.00. The number of benzene rings is 1. The quantitative estimate of drug-likeness (QED) is 0.447. The van der Waals surface area contributed by atoms with Crippen LogP contribution in [0.5, 0.6) is 5.75 Å². The monoisotopic (exact) mass is 315 g/mol. The first-order valence-corrected chi connectivity index (χ1v) is 7.91. The molecule has 1 heterocycles. The summed E-state index contributed by atoms with van der Waals surface area (Å²) in [6.07, 6.45) is 4.62. The molecule has 2 N–H and O–H groups in total. The zero-order valence-electron chi connectivity index (χ0n) is 13.8. The van der Waals surface area contributed by atoms with Crippen LogP contribution < -0.4 is 15.4 Å². The molecule has 0 fully saturated rings. The lowest BCUT2D eigenvalue weighted by Gasteiger charge is -2.11. The van der Waals surface area contributed by atoms with Crippen molar-refractivity contribution in [3.05, 3.63) is 54.0 Å². The molecule has 1 aromatic carbocycles. The molecule has 0 atom stereocenters. The van der Waals surface area contributed by atoms with Crippen molar-refractivity contribution < 1.29 is 9.15 Å². The van der Waals surface area contributed by atoms with Gasteiger partial charge in [0.05, 0.1) is 13.4 Å². The molecule has 0 bridgehead atoms. The van der Waals surface area contributed by atoms with E-state index in [0.29, 0.717) is 0 Å². The van der Waals surface area contributed by atoms with E-state index in [1.54, 1.807) is 20.4 Å². The third-order valence-electron chi connectivity index (χ3n) is 3.56. The molecule has 0 unspecified atom stereocenters. The number of aryl methyl sites for hydroxylation is 1. The molecule has 0 spiro atoms. The minimum atomic E-state index is 0.797. The Labute approximate surface area is 137 Å². The SMILES string of the molecule is CN=C(NCCCc1ccc(OC)cc1)NCCc1ccco1. The van der Waals surface area contributed by atoms with E-state index >= 15 is 0 Å². The third-order valence-corrected chi connectivity index (χ3v) is 3.56. The number of hydrogen-bond acceptors (Lipinski definition) is 3. The molecule has 124 valence electrons. The lowest BCUT2D eigenvalue weighted by Crippen LogP contribution is -2.38. The minimum absolute atomic E-state index is 0.797. The predicted octanol–water partition coefficient (Wildman–Crippen LogP) is 2.63. The van der Waals surface area contributed by atoms with Gasteiger partial charge in [0.1, 0.15) is 11.5 Å². The van der Waals surface area contributed by atoms with Gasteiger partial charge in [-0.2, -0.15) is 0 Å². The predicted molar refractivity (Wildman–Crippen MR) is 93.1 cm³/mol. The normalized spacial score (nSPS) is 11.3. The summed E-state index contributed by atoms with van der Waals surface area (Å²) in [4.78, 5) is 4.22. The lowest BCUT2D eigenvalue weighted by atomic mass is 10.1. The van der Waals surface area contributed by atoms with Gasteiger partial charge in [-0.25, -0.2) is 0 Å². The zero-order valence-corrected chi connectivity index (χ0v) is 13.8. The van der Waals surface area contributed by atoms with Gasteiger partial charge >= 0.3 is 0 Å². The fourth-order valence-corrected chi connectivity index (χ4v) is 2.27. The van der Waals surface area contributed by atoms with Gasteiger partial charge in [0, 0.05) is 26.6 Å². The summed E-state index contributed by atoms with van der Waals surface area (Å²) in [7, 11) is 3.47. The molecule has 2 aromatic rings. The average Bonchev–Trinajstić information content (AvgIpc) is 3.11. The Morgan fingerprint density at radius 1 is 1.09 bits per heavy atom. The van der Waals surface area contributed by atoms with Crippen molar-refractivity contribution >= 4 is 5.96 Å². The third kappa shape index (κ3) is 6.06. The van der Waals surface area contributed by atoms with Crippen molar-refractivity contribution in [3.63, 3.8) is 0 Å². The van der Waals surface area contributed by atoms with Gasteiger partial charge in [-0.15, -0.1) is 0 Å². The highest BCUT2D eigenvalue weighted by atomic mass is 16.5. The average molecular weight is 315 g/mol. The molecule has 0 aliphatic rings. The van der Waals surface area contributed by atoms with E-state index < -0.39 is 0 Å². The Morgan fingerprint density at radius 2 is 1.87 bits per heavy atom. The molecular weight excluding hydrogens is 290 g/mol. The first kappa shape index (κ1) is 16.9. The maximum atomic E-state index is 5.30. The Bertz CT molecular complexity index is 577. The minimum Gasteiger partial charge on any atom is -0.497 e. The molecule has 5 heteroatoms. The van der Waals surface area contributed by atoms with Gasteiger partial charge in [0.2, 0.25) is 0 Å². The number of methoxy groups -OCH3 is 1. The van der Waals surface area contributed by atoms with Crippen LogP contribution in [0.15, 0.2) is 52.1 Å². The molecule has 1 aromatic heterocycles. The maximum Gasteiger partial charge on any atom is 0.190 e. The van der Waals surface area contributed by atoms with E-state index in [9.17, 15) is 0 Å². The van der Waals surface area contributed by atoms with E-state index in [2.05, 4.69) is 27.8 Å². The molecule has 23 heavy (non-hydrogen) atoms. The van der Waals surface area contributed by atoms with E-state index in [1.165, 1.54) is 5.56 Å². The van der Waals surface area contributed by atoms with Gasteiger partial charge in [-0.1, -0.05) is 12.1 Å².